The maximum Gasteiger partial charge on any atom is 0.340 e. The van der Waals surface area contributed by atoms with Crippen LogP contribution in [0.3, 0.4) is 0 Å². The first-order chi connectivity index (χ1) is 6.97. The fraction of sp³-hybridized carbons (Fsp3) is 0.250. The molecule has 0 spiro atoms. The highest BCUT2D eigenvalue weighted by Crippen LogP contribution is 2.27. The molecule has 0 saturated heterocycles. The number of aromatic nitrogens is 1. The number of carboxylic acids is 1. The molecule has 0 aliphatic rings. The number of ether oxygens (including phenoxy) is 1. The van der Waals surface area contributed by atoms with Gasteiger partial charge < -0.3 is 9.84 Å². The summed E-state index contributed by atoms with van der Waals surface area (Å²) in [6, 6.07) is 0.692. The molecule has 82 valence electrons. The zero-order valence-electron chi connectivity index (χ0n) is 7.50. The van der Waals surface area contributed by atoms with Crippen LogP contribution < -0.4 is 4.74 Å². The lowest BCUT2D eigenvalue weighted by atomic mass is 10.1. The maximum absolute atomic E-state index is 13.0. The number of rotatable bonds is 3. The number of carboxylic acid groups (broad SMARTS) is 1. The molecule has 1 aromatic rings. The molecule has 0 aliphatic carbocycles. The Balaban J connectivity index is 3.42. The van der Waals surface area contributed by atoms with Crippen molar-refractivity contribution >= 4 is 5.97 Å². The Bertz CT molecular complexity index is 395. The molecule has 0 atom stereocenters. The quantitative estimate of drug-likeness (QED) is 0.791. The van der Waals surface area contributed by atoms with Gasteiger partial charge in [-0.2, -0.15) is 9.37 Å². The van der Waals surface area contributed by atoms with Crippen LogP contribution in [0.5, 0.6) is 5.88 Å². The van der Waals surface area contributed by atoms with E-state index in [-0.39, 0.29) is 0 Å². The summed E-state index contributed by atoms with van der Waals surface area (Å²) in [6.07, 6.45) is -3.11. The first-order valence-corrected chi connectivity index (χ1v) is 3.73. The summed E-state index contributed by atoms with van der Waals surface area (Å²) in [5, 5.41) is 8.50. The van der Waals surface area contributed by atoms with Gasteiger partial charge in [0.05, 0.1) is 7.11 Å². The number of pyridine rings is 1. The van der Waals surface area contributed by atoms with Gasteiger partial charge >= 0.3 is 5.97 Å². The Hall–Kier alpha value is -1.79. The minimum Gasteiger partial charge on any atom is -0.481 e. The number of alkyl halides is 2. The largest absolute Gasteiger partial charge is 0.481 e. The van der Waals surface area contributed by atoms with Gasteiger partial charge in [0.15, 0.2) is 0 Å². The fourth-order valence-electron chi connectivity index (χ4n) is 0.998. The van der Waals surface area contributed by atoms with Crippen molar-refractivity contribution in [3.8, 4) is 5.88 Å². The van der Waals surface area contributed by atoms with E-state index in [0.29, 0.717) is 6.07 Å². The van der Waals surface area contributed by atoms with E-state index in [1.807, 2.05) is 0 Å². The van der Waals surface area contributed by atoms with Gasteiger partial charge in [-0.05, 0) is 0 Å². The Labute approximate surface area is 82.3 Å². The van der Waals surface area contributed by atoms with E-state index in [1.54, 1.807) is 0 Å². The molecule has 1 rings (SSSR count). The smallest absolute Gasteiger partial charge is 0.340 e. The first-order valence-electron chi connectivity index (χ1n) is 3.73. The van der Waals surface area contributed by atoms with Crippen molar-refractivity contribution in [2.24, 2.45) is 0 Å². The third-order valence-electron chi connectivity index (χ3n) is 1.64. The lowest BCUT2D eigenvalue weighted by Crippen LogP contribution is -2.09. The molecule has 0 bridgehead atoms. The minimum absolute atomic E-state index is 0.396. The summed E-state index contributed by atoms with van der Waals surface area (Å²) in [5.74, 6) is -3.68. The third kappa shape index (κ3) is 2.17. The molecule has 1 N–H and O–H groups in total. The van der Waals surface area contributed by atoms with Crippen LogP contribution in [0, 0.1) is 5.95 Å². The van der Waals surface area contributed by atoms with Gasteiger partial charge in [0.2, 0.25) is 11.8 Å². The van der Waals surface area contributed by atoms with Crippen LogP contribution in [0.15, 0.2) is 6.07 Å². The summed E-state index contributed by atoms with van der Waals surface area (Å²) in [6.45, 7) is 0. The van der Waals surface area contributed by atoms with Crippen molar-refractivity contribution in [3.05, 3.63) is 23.1 Å². The van der Waals surface area contributed by atoms with E-state index in [2.05, 4.69) is 9.72 Å². The first kappa shape index (κ1) is 11.3. The van der Waals surface area contributed by atoms with Crippen LogP contribution in [0.2, 0.25) is 0 Å². The number of nitrogens with zero attached hydrogens (tertiary/aromatic N) is 1. The van der Waals surface area contributed by atoms with E-state index in [1.165, 1.54) is 0 Å². The number of aromatic carboxylic acids is 1. The maximum atomic E-state index is 13.0. The Morgan fingerprint density at radius 1 is 1.60 bits per heavy atom. The molecule has 0 saturated carbocycles. The normalized spacial score (nSPS) is 10.5. The molecule has 0 amide bonds. The molecule has 7 heteroatoms. The molecule has 15 heavy (non-hydrogen) atoms. The van der Waals surface area contributed by atoms with Crippen molar-refractivity contribution in [1.82, 2.24) is 4.98 Å². The van der Waals surface area contributed by atoms with Gasteiger partial charge in [-0.3, -0.25) is 0 Å². The van der Waals surface area contributed by atoms with Crippen molar-refractivity contribution in [3.63, 3.8) is 0 Å². The predicted octanol–water partition coefficient (Wildman–Crippen LogP) is 1.87. The standard InChI is InChI=1S/C8H6F3NO3/c1-15-4-2-3(6(9)10)5(8(13)14)7(11)12-4/h2,6H,1H3,(H,13,14). The molecular weight excluding hydrogens is 215 g/mol. The lowest BCUT2D eigenvalue weighted by molar-refractivity contribution is 0.0676. The highest BCUT2D eigenvalue weighted by molar-refractivity contribution is 5.89. The highest BCUT2D eigenvalue weighted by Gasteiger charge is 2.24. The average Bonchev–Trinajstić information content (AvgIpc) is 2.15. The van der Waals surface area contributed by atoms with E-state index >= 15 is 0 Å². The van der Waals surface area contributed by atoms with E-state index in [9.17, 15) is 18.0 Å². The zero-order valence-corrected chi connectivity index (χ0v) is 7.50. The topological polar surface area (TPSA) is 59.4 Å². The molecule has 4 nitrogen and oxygen atoms in total. The van der Waals surface area contributed by atoms with Crippen LogP contribution >= 0.6 is 0 Å². The second kappa shape index (κ2) is 4.16. The van der Waals surface area contributed by atoms with Crippen LogP contribution in [-0.2, 0) is 0 Å². The molecule has 1 aromatic heterocycles. The van der Waals surface area contributed by atoms with Crippen LogP contribution in [0.1, 0.15) is 22.3 Å². The van der Waals surface area contributed by atoms with Crippen LogP contribution in [0.4, 0.5) is 13.2 Å². The van der Waals surface area contributed by atoms with E-state index in [0.717, 1.165) is 7.11 Å². The molecule has 0 radical (unpaired) electrons. The molecular formula is C8H6F3NO3. The van der Waals surface area contributed by atoms with Crippen molar-refractivity contribution in [2.45, 2.75) is 6.43 Å². The van der Waals surface area contributed by atoms with Crippen molar-refractivity contribution in [2.75, 3.05) is 7.11 Å². The van der Waals surface area contributed by atoms with E-state index < -0.39 is 35.3 Å². The van der Waals surface area contributed by atoms with Crippen molar-refractivity contribution in [1.29, 1.82) is 0 Å². The molecule has 1 heterocycles. The Kier molecular flexibility index (Phi) is 3.13. The number of carbonyl (C=O) groups is 1. The summed E-state index contributed by atoms with van der Waals surface area (Å²) >= 11 is 0. The highest BCUT2D eigenvalue weighted by atomic mass is 19.3. The van der Waals surface area contributed by atoms with Gasteiger partial charge in [0, 0.05) is 11.6 Å². The Morgan fingerprint density at radius 2 is 2.20 bits per heavy atom. The summed E-state index contributed by atoms with van der Waals surface area (Å²) < 4.78 is 42.2. The van der Waals surface area contributed by atoms with Crippen molar-refractivity contribution < 1.29 is 27.8 Å². The molecule has 0 unspecified atom stereocenters. The van der Waals surface area contributed by atoms with Crippen LogP contribution in [0.25, 0.3) is 0 Å². The SMILES string of the molecule is COc1cc(C(F)F)c(C(=O)O)c(F)n1. The summed E-state index contributed by atoms with van der Waals surface area (Å²) in [7, 11) is 1.11. The molecule has 0 fully saturated rings. The average molecular weight is 221 g/mol. The minimum atomic E-state index is -3.11. The fourth-order valence-corrected chi connectivity index (χ4v) is 0.998. The molecule has 0 aliphatic heterocycles. The zero-order chi connectivity index (χ0) is 11.6. The Morgan fingerprint density at radius 3 is 2.60 bits per heavy atom. The third-order valence-corrected chi connectivity index (χ3v) is 1.64. The number of hydrogen-bond acceptors (Lipinski definition) is 3. The summed E-state index contributed by atoms with van der Waals surface area (Å²) in [4.78, 5) is 13.5. The van der Waals surface area contributed by atoms with Gasteiger partial charge in [0.1, 0.15) is 5.56 Å². The number of halogens is 3. The van der Waals surface area contributed by atoms with E-state index in [4.69, 9.17) is 5.11 Å². The van der Waals surface area contributed by atoms with Gasteiger partial charge in [-0.1, -0.05) is 0 Å². The predicted molar refractivity (Wildman–Crippen MR) is 42.7 cm³/mol. The number of hydrogen-bond donors (Lipinski definition) is 1. The van der Waals surface area contributed by atoms with Gasteiger partial charge in [-0.15, -0.1) is 0 Å². The second-order valence-electron chi connectivity index (χ2n) is 2.53. The summed E-state index contributed by atoms with van der Waals surface area (Å²) in [5.41, 5.74) is -2.09. The van der Waals surface area contributed by atoms with Gasteiger partial charge in [-0.25, -0.2) is 13.6 Å². The second-order valence-corrected chi connectivity index (χ2v) is 2.53. The lowest BCUT2D eigenvalue weighted by Gasteiger charge is -2.07. The van der Waals surface area contributed by atoms with Crippen LogP contribution in [-0.4, -0.2) is 23.2 Å². The molecule has 0 aromatic carbocycles. The van der Waals surface area contributed by atoms with Gasteiger partial charge in [0.25, 0.3) is 6.43 Å². The number of methoxy groups -OCH3 is 1. The monoisotopic (exact) mass is 221 g/mol.